The normalized spacial score (nSPS) is 12.6. The maximum absolute atomic E-state index is 11.7. The lowest BCUT2D eigenvalue weighted by Crippen LogP contribution is -2.45. The van der Waals surface area contributed by atoms with Crippen LogP contribution < -0.4 is 5.32 Å². The largest absolute Gasteiger partial charge is 0.411 e. The van der Waals surface area contributed by atoms with Crippen molar-refractivity contribution in [3.8, 4) is 0 Å². The third-order valence-electron chi connectivity index (χ3n) is 1.55. The minimum atomic E-state index is -4.34. The van der Waals surface area contributed by atoms with Crippen LogP contribution >= 0.6 is 15.9 Å². The molecule has 0 aliphatic heterocycles. The van der Waals surface area contributed by atoms with Gasteiger partial charge >= 0.3 is 6.18 Å². The van der Waals surface area contributed by atoms with Crippen LogP contribution in [-0.2, 0) is 9.53 Å². The molecule has 0 aromatic heterocycles. The fourth-order valence-corrected chi connectivity index (χ4v) is 0.966. The number of rotatable bonds is 6. The van der Waals surface area contributed by atoms with Crippen LogP contribution in [0.25, 0.3) is 0 Å². The molecule has 0 saturated heterocycles. The van der Waals surface area contributed by atoms with Crippen LogP contribution in [0.4, 0.5) is 13.2 Å². The van der Waals surface area contributed by atoms with E-state index < -0.39 is 18.3 Å². The molecular formula is C9H15BrF3NO2. The van der Waals surface area contributed by atoms with Crippen molar-refractivity contribution in [1.29, 1.82) is 0 Å². The van der Waals surface area contributed by atoms with Crippen LogP contribution in [0.2, 0.25) is 0 Å². The third-order valence-corrected chi connectivity index (χ3v) is 2.95. The van der Waals surface area contributed by atoms with E-state index in [0.29, 0.717) is 5.33 Å². The van der Waals surface area contributed by atoms with Gasteiger partial charge in [-0.05, 0) is 13.8 Å². The Morgan fingerprint density at radius 2 is 1.94 bits per heavy atom. The van der Waals surface area contributed by atoms with Gasteiger partial charge in [-0.2, -0.15) is 13.2 Å². The summed E-state index contributed by atoms with van der Waals surface area (Å²) in [5.41, 5.74) is -0.416. The lowest BCUT2D eigenvalue weighted by atomic mass is 10.1. The lowest BCUT2D eigenvalue weighted by molar-refractivity contribution is -0.174. The molecule has 0 rings (SSSR count). The van der Waals surface area contributed by atoms with Gasteiger partial charge in [-0.25, -0.2) is 0 Å². The van der Waals surface area contributed by atoms with Crippen molar-refractivity contribution in [3.63, 3.8) is 0 Å². The van der Waals surface area contributed by atoms with Gasteiger partial charge in [-0.1, -0.05) is 15.9 Å². The zero-order chi connectivity index (χ0) is 12.8. The predicted octanol–water partition coefficient (Wildman–Crippen LogP) is 2.25. The molecule has 1 N–H and O–H groups in total. The van der Waals surface area contributed by atoms with Gasteiger partial charge in [0.25, 0.3) is 0 Å². The number of amides is 1. The number of ether oxygens (including phenoxy) is 1. The Labute approximate surface area is 101 Å². The highest BCUT2D eigenvalue weighted by atomic mass is 79.9. The number of hydrogen-bond acceptors (Lipinski definition) is 2. The van der Waals surface area contributed by atoms with E-state index in [1.807, 2.05) is 0 Å². The number of nitrogens with one attached hydrogen (secondary N) is 1. The van der Waals surface area contributed by atoms with Crippen molar-refractivity contribution in [2.75, 3.05) is 18.5 Å². The third kappa shape index (κ3) is 8.96. The first-order valence-corrected chi connectivity index (χ1v) is 5.80. The van der Waals surface area contributed by atoms with Crippen molar-refractivity contribution >= 4 is 21.8 Å². The van der Waals surface area contributed by atoms with Crippen LogP contribution in [0.3, 0.4) is 0 Å². The zero-order valence-corrected chi connectivity index (χ0v) is 10.7. The summed E-state index contributed by atoms with van der Waals surface area (Å²) in [6.45, 7) is 2.05. The van der Waals surface area contributed by atoms with Crippen LogP contribution in [0.5, 0.6) is 0 Å². The summed E-state index contributed by atoms with van der Waals surface area (Å²) in [6, 6.07) is 0. The monoisotopic (exact) mass is 305 g/mol. The van der Waals surface area contributed by atoms with Gasteiger partial charge < -0.3 is 10.1 Å². The minimum absolute atomic E-state index is 0.0769. The summed E-state index contributed by atoms with van der Waals surface area (Å²) in [5.74, 6) is -0.327. The molecule has 0 heterocycles. The molecule has 0 radical (unpaired) electrons. The summed E-state index contributed by atoms with van der Waals surface area (Å²) < 4.78 is 39.3. The Balaban J connectivity index is 3.67. The van der Waals surface area contributed by atoms with Gasteiger partial charge in [0, 0.05) is 17.3 Å². The minimum Gasteiger partial charge on any atom is -0.372 e. The molecule has 0 unspecified atom stereocenters. The number of carbonyl (C=O) groups is 1. The van der Waals surface area contributed by atoms with Gasteiger partial charge in [-0.3, -0.25) is 4.79 Å². The van der Waals surface area contributed by atoms with E-state index in [-0.39, 0.29) is 18.9 Å². The molecule has 7 heteroatoms. The van der Waals surface area contributed by atoms with Crippen LogP contribution in [0, 0.1) is 0 Å². The maximum Gasteiger partial charge on any atom is 0.411 e. The first kappa shape index (κ1) is 15.7. The molecule has 0 atom stereocenters. The Morgan fingerprint density at radius 3 is 2.38 bits per heavy atom. The van der Waals surface area contributed by atoms with Gasteiger partial charge in [0.05, 0.1) is 6.61 Å². The molecule has 0 aliphatic carbocycles. The molecule has 0 saturated carbocycles. The molecule has 16 heavy (non-hydrogen) atoms. The second kappa shape index (κ2) is 6.44. The molecule has 1 amide bonds. The number of hydrogen-bond donors (Lipinski definition) is 1. The topological polar surface area (TPSA) is 38.3 Å². The van der Waals surface area contributed by atoms with Crippen molar-refractivity contribution in [1.82, 2.24) is 5.32 Å². The predicted molar refractivity (Wildman–Crippen MR) is 57.5 cm³/mol. The highest BCUT2D eigenvalue weighted by Gasteiger charge is 2.27. The Morgan fingerprint density at radius 1 is 1.38 bits per heavy atom. The molecule has 0 fully saturated rings. The fraction of sp³-hybridized carbons (Fsp3) is 0.889. The Kier molecular flexibility index (Phi) is 6.32. The summed E-state index contributed by atoms with van der Waals surface area (Å²) >= 11 is 3.21. The number of carbonyl (C=O) groups excluding carboxylic acids is 1. The van der Waals surface area contributed by atoms with E-state index in [4.69, 9.17) is 0 Å². The Hall–Kier alpha value is -0.300. The van der Waals surface area contributed by atoms with Crippen LogP contribution in [-0.4, -0.2) is 36.2 Å². The molecule has 0 aliphatic rings. The summed E-state index contributed by atoms with van der Waals surface area (Å²) in [6.07, 6.45) is -4.42. The van der Waals surface area contributed by atoms with Crippen molar-refractivity contribution in [2.45, 2.75) is 32.0 Å². The highest BCUT2D eigenvalue weighted by Crippen LogP contribution is 2.14. The van der Waals surface area contributed by atoms with Crippen LogP contribution in [0.1, 0.15) is 20.3 Å². The van der Waals surface area contributed by atoms with E-state index in [2.05, 4.69) is 26.0 Å². The molecule has 0 spiro atoms. The van der Waals surface area contributed by atoms with Gasteiger partial charge in [0.15, 0.2) is 0 Å². The molecule has 0 aromatic rings. The van der Waals surface area contributed by atoms with Crippen molar-refractivity contribution < 1.29 is 22.7 Å². The van der Waals surface area contributed by atoms with E-state index >= 15 is 0 Å². The SMILES string of the molecule is CC(C)(CBr)NC(=O)CCOCC(F)(F)F. The van der Waals surface area contributed by atoms with E-state index in [9.17, 15) is 18.0 Å². The molecule has 96 valence electrons. The first-order valence-electron chi connectivity index (χ1n) is 4.68. The van der Waals surface area contributed by atoms with E-state index in [1.165, 1.54) is 0 Å². The fourth-order valence-electron chi connectivity index (χ4n) is 0.826. The molecule has 0 bridgehead atoms. The maximum atomic E-state index is 11.7. The van der Waals surface area contributed by atoms with Crippen LogP contribution in [0.15, 0.2) is 0 Å². The quantitative estimate of drug-likeness (QED) is 0.604. The summed E-state index contributed by atoms with van der Waals surface area (Å²) in [7, 11) is 0. The number of alkyl halides is 4. The first-order chi connectivity index (χ1) is 7.16. The standard InChI is InChI=1S/C9H15BrF3NO2/c1-8(2,5-10)14-7(15)3-4-16-6-9(11,12)13/h3-6H2,1-2H3,(H,14,15). The molecule has 3 nitrogen and oxygen atoms in total. The molecule has 0 aromatic carbocycles. The second-order valence-electron chi connectivity index (χ2n) is 3.98. The van der Waals surface area contributed by atoms with E-state index in [0.717, 1.165) is 0 Å². The van der Waals surface area contributed by atoms with Gasteiger partial charge in [0.1, 0.15) is 6.61 Å². The van der Waals surface area contributed by atoms with Crippen molar-refractivity contribution in [2.24, 2.45) is 0 Å². The smallest absolute Gasteiger partial charge is 0.372 e. The van der Waals surface area contributed by atoms with Crippen molar-refractivity contribution in [3.05, 3.63) is 0 Å². The van der Waals surface area contributed by atoms with Gasteiger partial charge in [0.2, 0.25) is 5.91 Å². The zero-order valence-electron chi connectivity index (χ0n) is 9.16. The Bertz CT molecular complexity index is 231. The van der Waals surface area contributed by atoms with Gasteiger partial charge in [-0.15, -0.1) is 0 Å². The number of halogens is 4. The average Bonchev–Trinajstić information content (AvgIpc) is 2.10. The second-order valence-corrected chi connectivity index (χ2v) is 4.54. The summed E-state index contributed by atoms with van der Waals surface area (Å²) in [5, 5.41) is 3.22. The molecular weight excluding hydrogens is 291 g/mol. The summed E-state index contributed by atoms with van der Waals surface area (Å²) in [4.78, 5) is 11.2. The lowest BCUT2D eigenvalue weighted by Gasteiger charge is -2.23. The average molecular weight is 306 g/mol. The van der Waals surface area contributed by atoms with E-state index in [1.54, 1.807) is 13.8 Å². The highest BCUT2D eigenvalue weighted by molar-refractivity contribution is 9.09.